The molecule has 1 atom stereocenters. The van der Waals surface area contributed by atoms with E-state index in [0.717, 1.165) is 28.5 Å². The molecule has 5 nitrogen and oxygen atoms in total. The lowest BCUT2D eigenvalue weighted by Gasteiger charge is -2.08. The molecule has 3 rings (SSSR count). The van der Waals surface area contributed by atoms with E-state index in [-0.39, 0.29) is 6.10 Å². The lowest BCUT2D eigenvalue weighted by atomic mass is 10.1. The summed E-state index contributed by atoms with van der Waals surface area (Å²) < 4.78 is 5.81. The van der Waals surface area contributed by atoms with Crippen LogP contribution in [0, 0.1) is 0 Å². The first kappa shape index (κ1) is 11.7. The molecule has 0 saturated carbocycles. The highest BCUT2D eigenvalue weighted by molar-refractivity contribution is 7.99. The number of anilines is 1. The molecule has 3 N–H and O–H groups in total. The number of nitrogens with two attached hydrogens (primary N) is 1. The Balaban J connectivity index is 1.61. The smallest absolute Gasteiger partial charge is 0.216 e. The van der Waals surface area contributed by atoms with Crippen molar-refractivity contribution in [1.29, 1.82) is 0 Å². The first-order valence-electron chi connectivity index (χ1n) is 5.46. The van der Waals surface area contributed by atoms with Gasteiger partial charge < -0.3 is 10.5 Å². The van der Waals surface area contributed by atoms with Gasteiger partial charge in [-0.2, -0.15) is 4.98 Å². The Morgan fingerprint density at radius 1 is 1.56 bits per heavy atom. The quantitative estimate of drug-likeness (QED) is 0.844. The molecule has 1 unspecified atom stereocenters. The second-order valence-corrected chi connectivity index (χ2v) is 5.43. The summed E-state index contributed by atoms with van der Waals surface area (Å²) in [4.78, 5) is 4.03. The van der Waals surface area contributed by atoms with Crippen molar-refractivity contribution in [2.24, 2.45) is 0 Å². The molecule has 18 heavy (non-hydrogen) atoms. The third-order valence-corrected chi connectivity index (χ3v) is 3.86. The highest BCUT2D eigenvalue weighted by atomic mass is 35.5. The van der Waals surface area contributed by atoms with Gasteiger partial charge in [0.05, 0.1) is 0 Å². The summed E-state index contributed by atoms with van der Waals surface area (Å²) in [6, 6.07) is 5.70. The Hall–Kier alpha value is -1.40. The summed E-state index contributed by atoms with van der Waals surface area (Å²) in [6.07, 6.45) is 0.992. The minimum atomic E-state index is 0.128. The molecule has 94 valence electrons. The van der Waals surface area contributed by atoms with Crippen molar-refractivity contribution >= 4 is 29.3 Å². The van der Waals surface area contributed by atoms with E-state index in [0.29, 0.717) is 11.1 Å². The van der Waals surface area contributed by atoms with Crippen LogP contribution < -0.4 is 10.5 Å². The number of ether oxygens (including phenoxy) is 1. The molecular formula is C11H11ClN4OS. The maximum Gasteiger partial charge on any atom is 0.216 e. The highest BCUT2D eigenvalue weighted by Crippen LogP contribution is 2.32. The highest BCUT2D eigenvalue weighted by Gasteiger charge is 2.23. The van der Waals surface area contributed by atoms with Gasteiger partial charge in [0.1, 0.15) is 11.9 Å². The molecule has 2 aromatic rings. The van der Waals surface area contributed by atoms with Crippen LogP contribution in [0.3, 0.4) is 0 Å². The van der Waals surface area contributed by atoms with E-state index < -0.39 is 0 Å². The number of nitrogens with one attached hydrogen (secondary N) is 1. The van der Waals surface area contributed by atoms with Crippen molar-refractivity contribution in [3.05, 3.63) is 28.8 Å². The topological polar surface area (TPSA) is 76.8 Å². The number of halogens is 1. The average molecular weight is 283 g/mol. The number of rotatable bonds is 3. The maximum absolute atomic E-state index is 5.95. The maximum atomic E-state index is 5.95. The summed E-state index contributed by atoms with van der Waals surface area (Å²) in [7, 11) is 0. The normalized spacial score (nSPS) is 17.5. The van der Waals surface area contributed by atoms with Gasteiger partial charge in [0.15, 0.2) is 0 Å². The predicted molar refractivity (Wildman–Crippen MR) is 71.1 cm³/mol. The van der Waals surface area contributed by atoms with Gasteiger partial charge in [-0.05, 0) is 23.8 Å². The molecule has 0 bridgehead atoms. The molecule has 0 aliphatic carbocycles. The Kier molecular flexibility index (Phi) is 3.05. The summed E-state index contributed by atoms with van der Waals surface area (Å²) in [5.41, 5.74) is 6.61. The van der Waals surface area contributed by atoms with Crippen LogP contribution in [0.15, 0.2) is 23.4 Å². The molecule has 0 spiro atoms. The van der Waals surface area contributed by atoms with E-state index in [1.807, 2.05) is 18.2 Å². The number of thioether (sulfide) groups is 1. The number of nitrogens with zero attached hydrogens (tertiary/aromatic N) is 2. The summed E-state index contributed by atoms with van der Waals surface area (Å²) in [6.45, 7) is 0. The number of aromatic nitrogens is 3. The molecule has 1 aromatic heterocycles. The number of hydrogen-bond acceptors (Lipinski definition) is 5. The van der Waals surface area contributed by atoms with Crippen molar-refractivity contribution in [2.75, 3.05) is 11.5 Å². The number of aromatic amines is 1. The van der Waals surface area contributed by atoms with Gasteiger partial charge in [0.2, 0.25) is 11.1 Å². The summed E-state index contributed by atoms with van der Waals surface area (Å²) in [5.74, 6) is 2.03. The third kappa shape index (κ3) is 2.39. The molecule has 2 heterocycles. The lowest BCUT2D eigenvalue weighted by Crippen LogP contribution is -2.15. The molecule has 1 aliphatic rings. The minimum Gasteiger partial charge on any atom is -0.489 e. The van der Waals surface area contributed by atoms with Gasteiger partial charge >= 0.3 is 0 Å². The van der Waals surface area contributed by atoms with Crippen LogP contribution in [-0.2, 0) is 6.42 Å². The number of hydrogen-bond donors (Lipinski definition) is 2. The van der Waals surface area contributed by atoms with Gasteiger partial charge in [0.25, 0.3) is 0 Å². The van der Waals surface area contributed by atoms with Crippen molar-refractivity contribution in [2.45, 2.75) is 17.7 Å². The molecule has 7 heteroatoms. The Morgan fingerprint density at radius 2 is 2.44 bits per heavy atom. The number of fused-ring (bicyclic) bond motifs is 1. The molecule has 1 aromatic carbocycles. The molecule has 0 fully saturated rings. The van der Waals surface area contributed by atoms with E-state index in [4.69, 9.17) is 22.1 Å². The van der Waals surface area contributed by atoms with Crippen LogP contribution in [0.4, 0.5) is 5.95 Å². The standard InChI is InChI=1S/C11H11ClN4OS/c12-7-1-2-9-6(3-7)4-8(17-9)5-18-11-14-10(13)15-16-11/h1-3,8H,4-5H2,(H3,13,14,15,16). The largest absolute Gasteiger partial charge is 0.489 e. The van der Waals surface area contributed by atoms with Crippen molar-refractivity contribution in [3.63, 3.8) is 0 Å². The Labute approximate surface area is 113 Å². The fourth-order valence-electron chi connectivity index (χ4n) is 1.87. The van der Waals surface area contributed by atoms with E-state index in [1.165, 1.54) is 11.8 Å². The van der Waals surface area contributed by atoms with Crippen LogP contribution in [0.25, 0.3) is 0 Å². The zero-order valence-electron chi connectivity index (χ0n) is 9.39. The summed E-state index contributed by atoms with van der Waals surface area (Å²) >= 11 is 7.47. The zero-order valence-corrected chi connectivity index (χ0v) is 11.0. The second-order valence-electron chi connectivity index (χ2n) is 4.01. The van der Waals surface area contributed by atoms with Crippen LogP contribution in [0.2, 0.25) is 5.02 Å². The Morgan fingerprint density at radius 3 is 3.22 bits per heavy atom. The SMILES string of the molecule is Nc1nc(SCC2Cc3cc(Cl)ccc3O2)n[nH]1. The van der Waals surface area contributed by atoms with Gasteiger partial charge in [-0.25, -0.2) is 5.10 Å². The van der Waals surface area contributed by atoms with Gasteiger partial charge in [0, 0.05) is 17.2 Å². The summed E-state index contributed by atoms with van der Waals surface area (Å²) in [5, 5.41) is 7.96. The van der Waals surface area contributed by atoms with E-state index in [9.17, 15) is 0 Å². The lowest BCUT2D eigenvalue weighted by molar-refractivity contribution is 0.259. The van der Waals surface area contributed by atoms with E-state index in [2.05, 4.69) is 15.2 Å². The number of H-pyrrole nitrogens is 1. The predicted octanol–water partition coefficient (Wildman–Crippen LogP) is 2.14. The second kappa shape index (κ2) is 4.70. The number of benzene rings is 1. The Bertz CT molecular complexity index is 574. The molecular weight excluding hydrogens is 272 g/mol. The number of nitrogen functional groups attached to an aromatic ring is 1. The van der Waals surface area contributed by atoms with Crippen LogP contribution in [0.1, 0.15) is 5.56 Å². The van der Waals surface area contributed by atoms with Gasteiger partial charge in [-0.15, -0.1) is 5.10 Å². The van der Waals surface area contributed by atoms with Crippen molar-refractivity contribution < 1.29 is 4.74 Å². The van der Waals surface area contributed by atoms with Crippen LogP contribution >= 0.6 is 23.4 Å². The first-order valence-corrected chi connectivity index (χ1v) is 6.83. The molecule has 1 aliphatic heterocycles. The minimum absolute atomic E-state index is 0.128. The van der Waals surface area contributed by atoms with Gasteiger partial charge in [-0.1, -0.05) is 23.4 Å². The third-order valence-electron chi connectivity index (χ3n) is 2.64. The molecule has 0 amide bonds. The monoisotopic (exact) mass is 282 g/mol. The fraction of sp³-hybridized carbons (Fsp3) is 0.273. The van der Waals surface area contributed by atoms with Crippen molar-refractivity contribution in [1.82, 2.24) is 15.2 Å². The van der Waals surface area contributed by atoms with Crippen molar-refractivity contribution in [3.8, 4) is 5.75 Å². The van der Waals surface area contributed by atoms with E-state index in [1.54, 1.807) is 0 Å². The van der Waals surface area contributed by atoms with Crippen LogP contribution in [0.5, 0.6) is 5.75 Å². The van der Waals surface area contributed by atoms with Gasteiger partial charge in [-0.3, -0.25) is 0 Å². The molecule has 0 saturated heterocycles. The average Bonchev–Trinajstić information content (AvgIpc) is 2.92. The first-order chi connectivity index (χ1) is 8.70. The van der Waals surface area contributed by atoms with E-state index >= 15 is 0 Å². The fourth-order valence-corrected chi connectivity index (χ4v) is 2.86. The molecule has 0 radical (unpaired) electrons. The van der Waals surface area contributed by atoms with Crippen LogP contribution in [-0.4, -0.2) is 27.0 Å². The zero-order chi connectivity index (χ0) is 12.5.